The van der Waals surface area contributed by atoms with Crippen LogP contribution in [-0.4, -0.2) is 56.6 Å². The zero-order valence-corrected chi connectivity index (χ0v) is 20.8. The van der Waals surface area contributed by atoms with Gasteiger partial charge in [0.15, 0.2) is 4.87 Å². The monoisotopic (exact) mass is 518 g/mol. The van der Waals surface area contributed by atoms with Crippen molar-refractivity contribution < 1.29 is 17.9 Å². The third-order valence-electron chi connectivity index (χ3n) is 6.65. The van der Waals surface area contributed by atoms with Crippen molar-refractivity contribution in [1.82, 2.24) is 10.3 Å². The average molecular weight is 519 g/mol. The summed E-state index contributed by atoms with van der Waals surface area (Å²) in [7, 11) is -2.60. The number of guanidine groups is 1. The van der Waals surface area contributed by atoms with E-state index >= 15 is 0 Å². The van der Waals surface area contributed by atoms with Crippen LogP contribution in [0.15, 0.2) is 57.1 Å². The molecule has 2 aromatic rings. The fraction of sp³-hybridized carbons (Fsp3) is 0.391. The number of rotatable bonds is 8. The van der Waals surface area contributed by atoms with Crippen LogP contribution in [0.4, 0.5) is 5.69 Å². The Morgan fingerprint density at radius 3 is 2.71 bits per heavy atom. The van der Waals surface area contributed by atoms with E-state index in [4.69, 9.17) is 22.2 Å². The number of carbonyl (C=O) groups excluding carboxylic acids is 1. The smallest absolute Gasteiger partial charge is 0.230 e. The molecule has 1 aliphatic heterocycles. The lowest BCUT2D eigenvalue weighted by molar-refractivity contribution is -0.132. The first-order valence-electron chi connectivity index (χ1n) is 11.2. The van der Waals surface area contributed by atoms with Crippen molar-refractivity contribution >= 4 is 56.2 Å². The molecule has 1 fully saturated rings. The number of carbonyl (C=O) groups is 1. The standard InChI is InChI=1S/C23H27ClN6O4S/c1-34-12-11-27-20(31)22(7-2-3-8-22)23(9-4-10-28-23)35(32,33)17-5-6-18-16(13-17)14-26-15-19(18)29-21(25)30-24/h4-6,9-10,13-15H,2-3,7-8,11-12H2,1H3,(H,27,31)(H3,25,29,30). The molecule has 1 atom stereocenters. The van der Waals surface area contributed by atoms with Crippen LogP contribution in [0.25, 0.3) is 10.8 Å². The lowest BCUT2D eigenvalue weighted by Gasteiger charge is -2.41. The van der Waals surface area contributed by atoms with Gasteiger partial charge in [-0.15, -0.1) is 4.51 Å². The predicted molar refractivity (Wildman–Crippen MR) is 136 cm³/mol. The summed E-state index contributed by atoms with van der Waals surface area (Å²) in [6, 6.07) is 4.70. The summed E-state index contributed by atoms with van der Waals surface area (Å²) >= 11 is 5.41. The number of aliphatic imine (C=N–C) groups is 1. The average Bonchev–Trinajstić information content (AvgIpc) is 3.56. The summed E-state index contributed by atoms with van der Waals surface area (Å²) in [5, 5.41) is 6.93. The van der Waals surface area contributed by atoms with E-state index in [2.05, 4.69) is 25.1 Å². The molecule has 35 heavy (non-hydrogen) atoms. The van der Waals surface area contributed by atoms with Gasteiger partial charge in [0, 0.05) is 48.6 Å². The minimum absolute atomic E-state index is 0.0234. The Hall–Kier alpha value is -3.02. The van der Waals surface area contributed by atoms with Crippen LogP contribution in [0.2, 0.25) is 0 Å². The molecule has 10 nitrogen and oxygen atoms in total. The van der Waals surface area contributed by atoms with Crippen molar-refractivity contribution in [2.75, 3.05) is 25.6 Å². The van der Waals surface area contributed by atoms with Gasteiger partial charge in [-0.25, -0.2) is 8.42 Å². The van der Waals surface area contributed by atoms with Crippen LogP contribution in [0, 0.1) is 5.41 Å². The molecule has 0 saturated heterocycles. The maximum atomic E-state index is 14.3. The molecule has 1 aromatic carbocycles. The van der Waals surface area contributed by atoms with Gasteiger partial charge in [0.2, 0.25) is 21.7 Å². The van der Waals surface area contributed by atoms with Crippen molar-refractivity contribution in [3.63, 3.8) is 0 Å². The Bertz CT molecular complexity index is 1310. The van der Waals surface area contributed by atoms with E-state index in [-0.39, 0.29) is 23.3 Å². The van der Waals surface area contributed by atoms with Gasteiger partial charge in [0.05, 0.1) is 28.8 Å². The summed E-state index contributed by atoms with van der Waals surface area (Å²) in [5.74, 6) is -0.353. The number of methoxy groups -OCH3 is 1. The first-order valence-corrected chi connectivity index (χ1v) is 13.0. The highest BCUT2D eigenvalue weighted by Gasteiger charge is 2.64. The SMILES string of the molecule is COCCNC(=O)C1(C2(S(=O)(=O)c3ccc4c(NC(N)=NCl)cncc4c3)C=CC=N2)CCCC1. The summed E-state index contributed by atoms with van der Waals surface area (Å²) in [6.45, 7) is 0.612. The Kier molecular flexibility index (Phi) is 7.11. The summed E-state index contributed by atoms with van der Waals surface area (Å²) in [4.78, 5) is 20.4. The number of pyridine rings is 1. The van der Waals surface area contributed by atoms with E-state index < -0.39 is 20.1 Å². The van der Waals surface area contributed by atoms with E-state index in [0.717, 1.165) is 12.8 Å². The van der Waals surface area contributed by atoms with Gasteiger partial charge in [-0.1, -0.05) is 18.9 Å². The number of nitrogens with one attached hydrogen (secondary N) is 2. The normalized spacial score (nSPS) is 21.5. The van der Waals surface area contributed by atoms with E-state index in [1.807, 2.05) is 0 Å². The van der Waals surface area contributed by atoms with Crippen LogP contribution in [0.3, 0.4) is 0 Å². The topological polar surface area (TPSA) is 148 Å². The van der Waals surface area contributed by atoms with Crippen molar-refractivity contribution in [1.29, 1.82) is 0 Å². The highest BCUT2D eigenvalue weighted by molar-refractivity contribution is 7.93. The van der Waals surface area contributed by atoms with Crippen LogP contribution >= 0.6 is 11.8 Å². The van der Waals surface area contributed by atoms with Crippen LogP contribution in [0.5, 0.6) is 0 Å². The molecular formula is C23H27ClN6O4S. The van der Waals surface area contributed by atoms with E-state index in [0.29, 0.717) is 35.9 Å². The summed E-state index contributed by atoms with van der Waals surface area (Å²) < 4.78 is 37.0. The summed E-state index contributed by atoms with van der Waals surface area (Å²) in [6.07, 6.45) is 9.97. The number of ether oxygens (including phenoxy) is 1. The molecular weight excluding hydrogens is 492 g/mol. The number of aromatic nitrogens is 1. The second kappa shape index (κ2) is 9.92. The van der Waals surface area contributed by atoms with Gasteiger partial charge in [0.25, 0.3) is 0 Å². The molecule has 4 N–H and O–H groups in total. The molecule has 0 spiro atoms. The first kappa shape index (κ1) is 25.1. The van der Waals surface area contributed by atoms with Crippen molar-refractivity contribution in [2.45, 2.75) is 35.4 Å². The molecule has 1 aromatic heterocycles. The number of hydrogen-bond acceptors (Lipinski definition) is 7. The fourth-order valence-corrected chi connectivity index (χ4v) is 7.19. The molecule has 186 valence electrons. The van der Waals surface area contributed by atoms with Crippen molar-refractivity contribution in [3.8, 4) is 0 Å². The van der Waals surface area contributed by atoms with Crippen LogP contribution in [0.1, 0.15) is 25.7 Å². The van der Waals surface area contributed by atoms with Crippen LogP contribution in [-0.2, 0) is 19.4 Å². The van der Waals surface area contributed by atoms with Crippen molar-refractivity contribution in [2.24, 2.45) is 20.7 Å². The third-order valence-corrected chi connectivity index (χ3v) is 9.16. The molecule has 1 amide bonds. The largest absolute Gasteiger partial charge is 0.383 e. The maximum absolute atomic E-state index is 14.3. The number of anilines is 1. The number of fused-ring (bicyclic) bond motifs is 1. The fourth-order valence-electron chi connectivity index (χ4n) is 4.99. The number of hydrogen-bond donors (Lipinski definition) is 3. The highest BCUT2D eigenvalue weighted by Crippen LogP contribution is 2.54. The molecule has 1 unspecified atom stereocenters. The second-order valence-electron chi connectivity index (χ2n) is 8.54. The lowest BCUT2D eigenvalue weighted by Crippen LogP contribution is -2.57. The van der Waals surface area contributed by atoms with Gasteiger partial charge >= 0.3 is 0 Å². The maximum Gasteiger partial charge on any atom is 0.230 e. The molecule has 0 radical (unpaired) electrons. The van der Waals surface area contributed by atoms with Crippen molar-refractivity contribution in [3.05, 3.63) is 42.7 Å². The quantitative estimate of drug-likeness (QED) is 0.276. The molecule has 1 saturated carbocycles. The Morgan fingerprint density at radius 1 is 1.29 bits per heavy atom. The Morgan fingerprint density at radius 2 is 2.06 bits per heavy atom. The van der Waals surface area contributed by atoms with Crippen LogP contribution < -0.4 is 16.4 Å². The van der Waals surface area contributed by atoms with Gasteiger partial charge in [-0.3, -0.25) is 14.8 Å². The van der Waals surface area contributed by atoms with Gasteiger partial charge in [-0.2, -0.15) is 0 Å². The van der Waals surface area contributed by atoms with E-state index in [9.17, 15) is 13.2 Å². The molecule has 4 rings (SSSR count). The molecule has 2 aliphatic rings. The second-order valence-corrected chi connectivity index (χ2v) is 10.8. The number of allylic oxidation sites excluding steroid dienone is 1. The lowest BCUT2D eigenvalue weighted by atomic mass is 9.77. The minimum atomic E-state index is -4.14. The summed E-state index contributed by atoms with van der Waals surface area (Å²) in [5.41, 5.74) is 4.95. The number of benzene rings is 1. The predicted octanol–water partition coefficient (Wildman–Crippen LogP) is 2.55. The number of amides is 1. The van der Waals surface area contributed by atoms with E-state index in [1.54, 1.807) is 31.5 Å². The molecule has 0 bridgehead atoms. The third kappa shape index (κ3) is 4.17. The number of sulfone groups is 1. The molecule has 12 heteroatoms. The zero-order chi connectivity index (χ0) is 25.1. The number of nitrogens with zero attached hydrogens (tertiary/aromatic N) is 3. The highest BCUT2D eigenvalue weighted by atomic mass is 35.5. The molecule has 1 aliphatic carbocycles. The number of halogens is 1. The van der Waals surface area contributed by atoms with E-state index in [1.165, 1.54) is 24.5 Å². The van der Waals surface area contributed by atoms with Gasteiger partial charge in [-0.05, 0) is 37.1 Å². The van der Waals surface area contributed by atoms with Gasteiger partial charge in [0.1, 0.15) is 0 Å². The Balaban J connectivity index is 1.81. The number of nitrogens with two attached hydrogens (primary N) is 1. The van der Waals surface area contributed by atoms with Gasteiger partial charge < -0.3 is 21.1 Å². The molecule has 2 heterocycles. The zero-order valence-electron chi connectivity index (χ0n) is 19.2. The first-order chi connectivity index (χ1) is 16.8. The minimum Gasteiger partial charge on any atom is -0.383 e. The Labute approximate surface area is 208 Å².